The van der Waals surface area contributed by atoms with Crippen LogP contribution >= 0.6 is 0 Å². The number of aryl methyl sites for hydroxylation is 1. The third kappa shape index (κ3) is 5.31. The van der Waals surface area contributed by atoms with Gasteiger partial charge in [0.2, 0.25) is 10.0 Å². The van der Waals surface area contributed by atoms with E-state index in [-0.39, 0.29) is 22.9 Å². The van der Waals surface area contributed by atoms with Crippen molar-refractivity contribution in [3.8, 4) is 0 Å². The second-order valence-electron chi connectivity index (χ2n) is 5.41. The molecule has 2 rings (SSSR count). The number of nitrogens with zero attached hydrogens (tertiary/aromatic N) is 1. The molecule has 0 fully saturated rings. The van der Waals surface area contributed by atoms with Crippen LogP contribution in [0.2, 0.25) is 0 Å². The third-order valence-corrected chi connectivity index (χ3v) is 4.96. The van der Waals surface area contributed by atoms with Gasteiger partial charge in [0.25, 0.3) is 5.69 Å². The number of nitro groups is 1. The minimum atomic E-state index is -3.83. The molecule has 2 aromatic rings. The fourth-order valence-electron chi connectivity index (χ4n) is 2.10. The Morgan fingerprint density at radius 3 is 2.60 bits per heavy atom. The van der Waals surface area contributed by atoms with Crippen LogP contribution in [-0.4, -0.2) is 26.4 Å². The summed E-state index contributed by atoms with van der Waals surface area (Å²) in [6, 6.07) is 9.73. The highest BCUT2D eigenvalue weighted by Crippen LogP contribution is 2.16. The molecule has 0 radical (unpaired) electrons. The number of hydrogen-bond acceptors (Lipinski definition) is 5. The van der Waals surface area contributed by atoms with E-state index in [9.17, 15) is 22.9 Å². The smallest absolute Gasteiger partial charge is 0.270 e. The lowest BCUT2D eigenvalue weighted by Gasteiger charge is -2.08. The van der Waals surface area contributed by atoms with Crippen molar-refractivity contribution in [3.63, 3.8) is 0 Å². The van der Waals surface area contributed by atoms with Crippen LogP contribution in [0, 0.1) is 22.9 Å². The molecule has 9 heteroatoms. The highest BCUT2D eigenvalue weighted by Gasteiger charge is 2.16. The van der Waals surface area contributed by atoms with Crippen molar-refractivity contribution in [1.29, 1.82) is 0 Å². The molecular weight excluding hydrogens is 349 g/mol. The van der Waals surface area contributed by atoms with Crippen LogP contribution in [0.5, 0.6) is 0 Å². The summed E-state index contributed by atoms with van der Waals surface area (Å²) in [5.41, 5.74) is 1.03. The topological polar surface area (TPSA) is 101 Å². The quantitative estimate of drug-likeness (QED) is 0.423. The Morgan fingerprint density at radius 2 is 1.92 bits per heavy atom. The van der Waals surface area contributed by atoms with Crippen LogP contribution in [0.15, 0.2) is 47.4 Å². The Bertz CT molecular complexity index is 871. The van der Waals surface area contributed by atoms with E-state index in [0.717, 1.165) is 11.6 Å². The number of nitro benzene ring substituents is 1. The van der Waals surface area contributed by atoms with Crippen LogP contribution in [-0.2, 0) is 16.6 Å². The number of benzene rings is 2. The van der Waals surface area contributed by atoms with Gasteiger partial charge in [0, 0.05) is 31.8 Å². The van der Waals surface area contributed by atoms with Crippen molar-refractivity contribution >= 4 is 15.7 Å². The summed E-state index contributed by atoms with van der Waals surface area (Å²) in [7, 11) is -3.83. The largest absolute Gasteiger partial charge is 0.311 e. The molecule has 0 bridgehead atoms. The summed E-state index contributed by atoms with van der Waals surface area (Å²) >= 11 is 0. The van der Waals surface area contributed by atoms with E-state index in [1.54, 1.807) is 19.1 Å². The maximum absolute atomic E-state index is 13.4. The number of rotatable bonds is 8. The van der Waals surface area contributed by atoms with E-state index in [1.807, 2.05) is 0 Å². The molecule has 0 heterocycles. The van der Waals surface area contributed by atoms with E-state index in [2.05, 4.69) is 10.0 Å². The highest BCUT2D eigenvalue weighted by molar-refractivity contribution is 7.89. The molecule has 0 aromatic heterocycles. The van der Waals surface area contributed by atoms with Gasteiger partial charge in [-0.25, -0.2) is 17.5 Å². The Labute approximate surface area is 145 Å². The zero-order valence-corrected chi connectivity index (χ0v) is 14.3. The molecule has 0 aliphatic carbocycles. The summed E-state index contributed by atoms with van der Waals surface area (Å²) in [5.74, 6) is -0.286. The highest BCUT2D eigenvalue weighted by atomic mass is 32.2. The van der Waals surface area contributed by atoms with Crippen LogP contribution in [0.1, 0.15) is 11.1 Å². The summed E-state index contributed by atoms with van der Waals surface area (Å²) in [4.78, 5) is 9.90. The molecule has 0 unspecified atom stereocenters. The second kappa shape index (κ2) is 8.15. The molecule has 0 amide bonds. The first-order chi connectivity index (χ1) is 11.8. The van der Waals surface area contributed by atoms with Crippen LogP contribution < -0.4 is 10.0 Å². The molecule has 0 spiro atoms. The first kappa shape index (κ1) is 19.0. The van der Waals surface area contributed by atoms with Crippen molar-refractivity contribution in [2.45, 2.75) is 18.4 Å². The Morgan fingerprint density at radius 1 is 1.16 bits per heavy atom. The summed E-state index contributed by atoms with van der Waals surface area (Å²) in [6.45, 7) is 2.49. The van der Waals surface area contributed by atoms with Crippen molar-refractivity contribution in [3.05, 3.63) is 69.5 Å². The molecule has 2 N–H and O–H groups in total. The standard InChI is InChI=1S/C16H18FN3O4S/c1-12-5-6-13(9-16(12)17)11-18-7-8-19-25(23,24)15-4-2-3-14(10-15)20(21)22/h2-6,9-10,18-19H,7-8,11H2,1H3. The van der Waals surface area contributed by atoms with E-state index < -0.39 is 14.9 Å². The molecule has 7 nitrogen and oxygen atoms in total. The fraction of sp³-hybridized carbons (Fsp3) is 0.250. The minimum Gasteiger partial charge on any atom is -0.311 e. The molecule has 0 saturated heterocycles. The number of hydrogen-bond donors (Lipinski definition) is 2. The fourth-order valence-corrected chi connectivity index (χ4v) is 3.17. The van der Waals surface area contributed by atoms with Gasteiger partial charge >= 0.3 is 0 Å². The van der Waals surface area contributed by atoms with Crippen LogP contribution in [0.4, 0.5) is 10.1 Å². The Kier molecular flexibility index (Phi) is 6.18. The van der Waals surface area contributed by atoms with Gasteiger partial charge in [0.05, 0.1) is 9.82 Å². The van der Waals surface area contributed by atoms with Gasteiger partial charge in [-0.15, -0.1) is 0 Å². The normalized spacial score (nSPS) is 11.4. The van der Waals surface area contributed by atoms with Gasteiger partial charge in [-0.3, -0.25) is 10.1 Å². The molecule has 0 aliphatic heterocycles. The number of non-ortho nitro benzene ring substituents is 1. The Balaban J connectivity index is 1.85. The maximum atomic E-state index is 13.4. The second-order valence-corrected chi connectivity index (χ2v) is 7.18. The predicted octanol–water partition coefficient (Wildman–Crippen LogP) is 2.11. The van der Waals surface area contributed by atoms with Crippen LogP contribution in [0.25, 0.3) is 0 Å². The van der Waals surface area contributed by atoms with E-state index >= 15 is 0 Å². The summed E-state index contributed by atoms with van der Waals surface area (Å²) < 4.78 is 40.0. The zero-order valence-electron chi connectivity index (χ0n) is 13.5. The molecular formula is C16H18FN3O4S. The van der Waals surface area contributed by atoms with Crippen molar-refractivity contribution in [2.24, 2.45) is 0 Å². The van der Waals surface area contributed by atoms with Gasteiger partial charge in [0.15, 0.2) is 0 Å². The molecule has 0 aliphatic rings. The average Bonchev–Trinajstić information content (AvgIpc) is 2.57. The number of sulfonamides is 1. The Hall–Kier alpha value is -2.36. The minimum absolute atomic E-state index is 0.0966. The van der Waals surface area contributed by atoms with Gasteiger partial charge < -0.3 is 5.32 Å². The first-order valence-electron chi connectivity index (χ1n) is 7.49. The molecule has 134 valence electrons. The molecule has 0 saturated carbocycles. The molecule has 25 heavy (non-hydrogen) atoms. The van der Waals surface area contributed by atoms with Crippen molar-refractivity contribution in [2.75, 3.05) is 13.1 Å². The van der Waals surface area contributed by atoms with Gasteiger partial charge in [-0.05, 0) is 30.2 Å². The lowest BCUT2D eigenvalue weighted by atomic mass is 10.1. The van der Waals surface area contributed by atoms with Gasteiger partial charge in [-0.1, -0.05) is 18.2 Å². The average molecular weight is 367 g/mol. The molecule has 2 aromatic carbocycles. The van der Waals surface area contributed by atoms with Crippen LogP contribution in [0.3, 0.4) is 0 Å². The molecule has 0 atom stereocenters. The van der Waals surface area contributed by atoms with E-state index in [4.69, 9.17) is 0 Å². The van der Waals surface area contributed by atoms with Gasteiger partial charge in [-0.2, -0.15) is 0 Å². The lowest BCUT2D eigenvalue weighted by Crippen LogP contribution is -2.31. The monoisotopic (exact) mass is 367 g/mol. The van der Waals surface area contributed by atoms with Crippen molar-refractivity contribution < 1.29 is 17.7 Å². The SMILES string of the molecule is Cc1ccc(CNCCNS(=O)(=O)c2cccc([N+](=O)[O-])c2)cc1F. The maximum Gasteiger partial charge on any atom is 0.270 e. The van der Waals surface area contributed by atoms with Crippen molar-refractivity contribution in [1.82, 2.24) is 10.0 Å². The first-order valence-corrected chi connectivity index (χ1v) is 8.98. The lowest BCUT2D eigenvalue weighted by molar-refractivity contribution is -0.385. The number of halogens is 1. The summed E-state index contributed by atoms with van der Waals surface area (Å²) in [5, 5.41) is 13.7. The van der Waals surface area contributed by atoms with E-state index in [1.165, 1.54) is 24.3 Å². The number of nitrogens with one attached hydrogen (secondary N) is 2. The van der Waals surface area contributed by atoms with Gasteiger partial charge in [0.1, 0.15) is 5.82 Å². The zero-order chi connectivity index (χ0) is 18.4. The summed E-state index contributed by atoms with van der Waals surface area (Å²) in [6.07, 6.45) is 0. The predicted molar refractivity (Wildman–Crippen MR) is 91.1 cm³/mol. The van der Waals surface area contributed by atoms with E-state index in [0.29, 0.717) is 18.7 Å². The third-order valence-electron chi connectivity index (χ3n) is 3.50.